The fourth-order valence-electron chi connectivity index (χ4n) is 10.5. The molecule has 2 aliphatic carbocycles. The molecule has 17 heteroatoms. The van der Waals surface area contributed by atoms with Crippen LogP contribution in [0.15, 0.2) is 79.0 Å². The standard InChI is InChI=1S/C50H54N8O9/c1-24(22-63-4)21-57(47(59)41(56-50(62)66-7)27-11-9-8-10-12-27)25(2)45-52-34-16-14-28-18-33-31-15-13-29(17-30(31)23-67-36(33)19-32(28)42(34)54-45)35-20-51-46(53-35)44-39-37-38(39)43(37)58(44)48(60)40(26(3)64-5)55-49(61)65-6/h8-20,24-26,37-41,43-44H,21-23H2,1-7H3,(H,51,53)(H,52,54)(H,55,61)(H,56,62)/t24-,25-,26+,37+,38?,39+,40-,41+,43-,44?/m0/s1. The predicted octanol–water partition coefficient (Wildman–Crippen LogP) is 6.82. The number of alkyl carbamates (subject to hydrolysis) is 2. The van der Waals surface area contributed by atoms with Crippen molar-refractivity contribution in [3.05, 3.63) is 102 Å². The smallest absolute Gasteiger partial charge is 0.407 e. The molecule has 4 N–H and O–H groups in total. The van der Waals surface area contributed by atoms with Crippen LogP contribution < -0.4 is 15.4 Å². The number of ether oxygens (including phenoxy) is 5. The van der Waals surface area contributed by atoms with Gasteiger partial charge in [0.05, 0.1) is 61.9 Å². The Morgan fingerprint density at radius 3 is 2.37 bits per heavy atom. The molecule has 0 spiro atoms. The third kappa shape index (κ3) is 7.68. The van der Waals surface area contributed by atoms with Gasteiger partial charge in [0.15, 0.2) is 0 Å². The highest BCUT2D eigenvalue weighted by Crippen LogP contribution is 2.81. The van der Waals surface area contributed by atoms with Crippen LogP contribution in [0.4, 0.5) is 9.59 Å². The van der Waals surface area contributed by atoms with E-state index in [4.69, 9.17) is 33.7 Å². The molecule has 67 heavy (non-hydrogen) atoms. The fraction of sp³-hybridized carbons (Fsp3) is 0.400. The highest BCUT2D eigenvalue weighted by atomic mass is 16.5. The molecular weight excluding hydrogens is 857 g/mol. The van der Waals surface area contributed by atoms with Gasteiger partial charge in [-0.05, 0) is 89.4 Å². The van der Waals surface area contributed by atoms with Crippen LogP contribution in [0.2, 0.25) is 0 Å². The first-order valence-electron chi connectivity index (χ1n) is 22.6. The van der Waals surface area contributed by atoms with Crippen molar-refractivity contribution in [3.63, 3.8) is 0 Å². The van der Waals surface area contributed by atoms with Gasteiger partial charge in [-0.15, -0.1) is 0 Å². The Kier molecular flexibility index (Phi) is 11.4. The number of hydrogen-bond donors (Lipinski definition) is 4. The molecule has 2 saturated heterocycles. The van der Waals surface area contributed by atoms with E-state index in [1.165, 1.54) is 21.3 Å². The summed E-state index contributed by atoms with van der Waals surface area (Å²) in [4.78, 5) is 73.9. The highest BCUT2D eigenvalue weighted by molar-refractivity contribution is 6.07. The number of carbonyl (C=O) groups excluding carboxylic acids is 4. The number of nitrogens with one attached hydrogen (secondary N) is 4. The zero-order valence-electron chi connectivity index (χ0n) is 38.4. The molecule has 0 radical (unpaired) electrons. The van der Waals surface area contributed by atoms with Gasteiger partial charge in [0.2, 0.25) is 5.91 Å². The Hall–Kier alpha value is -6.98. The van der Waals surface area contributed by atoms with Crippen LogP contribution in [0, 0.1) is 23.7 Å². The second-order valence-electron chi connectivity index (χ2n) is 18.2. The van der Waals surface area contributed by atoms with Gasteiger partial charge in [0.25, 0.3) is 5.91 Å². The van der Waals surface area contributed by atoms with Crippen molar-refractivity contribution >= 4 is 45.8 Å². The van der Waals surface area contributed by atoms with Crippen LogP contribution in [-0.4, -0.2) is 114 Å². The fourth-order valence-corrected chi connectivity index (χ4v) is 10.5. The summed E-state index contributed by atoms with van der Waals surface area (Å²) in [5.74, 6) is 2.79. The van der Waals surface area contributed by atoms with Gasteiger partial charge in [-0.2, -0.15) is 0 Å². The van der Waals surface area contributed by atoms with Crippen molar-refractivity contribution < 1.29 is 42.9 Å². The summed E-state index contributed by atoms with van der Waals surface area (Å²) in [6.45, 7) is 6.82. The Balaban J connectivity index is 0.911. The average molecular weight is 911 g/mol. The predicted molar refractivity (Wildman–Crippen MR) is 246 cm³/mol. The van der Waals surface area contributed by atoms with E-state index in [0.29, 0.717) is 48.9 Å². The van der Waals surface area contributed by atoms with Crippen LogP contribution in [0.1, 0.15) is 61.7 Å². The lowest BCUT2D eigenvalue weighted by molar-refractivity contribution is -0.138. The molecule has 5 heterocycles. The minimum Gasteiger partial charge on any atom is -0.488 e. The first-order valence-corrected chi connectivity index (χ1v) is 22.6. The van der Waals surface area contributed by atoms with E-state index in [-0.39, 0.29) is 29.8 Å². The van der Waals surface area contributed by atoms with Crippen molar-refractivity contribution in [2.45, 2.75) is 63.7 Å². The van der Waals surface area contributed by atoms with Gasteiger partial charge in [-0.3, -0.25) is 9.59 Å². The number of aromatic nitrogens is 4. The van der Waals surface area contributed by atoms with E-state index < -0.39 is 36.4 Å². The molecule has 2 bridgehead atoms. The van der Waals surface area contributed by atoms with Gasteiger partial charge in [0, 0.05) is 37.8 Å². The van der Waals surface area contributed by atoms with Crippen molar-refractivity contribution in [2.24, 2.45) is 23.7 Å². The molecule has 348 valence electrons. The number of H-pyrrole nitrogens is 2. The number of benzene rings is 4. The SMILES string of the molecule is COC[C@@H](C)CN(C(=O)[C@H](NC(=O)OC)c1ccccc1)[C@@H](C)c1nc2ccc3cc4c(cc3c2[nH]1)OCc1cc(-c2cnc(C3[C@H]5C6[C@H]5[C@@H]6N3C(=O)[C@@H](NC(=O)OC)[C@@H](C)OC)[nH]2)ccc1-4. The molecule has 5 aliphatic rings. The number of imidazole rings is 2. The maximum Gasteiger partial charge on any atom is 0.407 e. The lowest BCUT2D eigenvalue weighted by atomic mass is 9.92. The summed E-state index contributed by atoms with van der Waals surface area (Å²) < 4.78 is 27.1. The Labute approximate surface area is 386 Å². The van der Waals surface area contributed by atoms with Crippen molar-refractivity contribution in [2.75, 3.05) is 41.6 Å². The Morgan fingerprint density at radius 2 is 1.64 bits per heavy atom. The first kappa shape index (κ1) is 43.9. The quantitative estimate of drug-likeness (QED) is 0.0842. The monoisotopic (exact) mass is 910 g/mol. The third-order valence-electron chi connectivity index (χ3n) is 14.1. The number of methoxy groups -OCH3 is 4. The van der Waals surface area contributed by atoms with Crippen molar-refractivity contribution in [1.82, 2.24) is 40.4 Å². The molecule has 10 atom stereocenters. The van der Waals surface area contributed by atoms with Gasteiger partial charge < -0.3 is 54.1 Å². The average Bonchev–Trinajstić information content (AvgIpc) is 3.87. The maximum atomic E-state index is 14.5. The molecule has 2 aromatic heterocycles. The summed E-state index contributed by atoms with van der Waals surface area (Å²) in [6.07, 6.45) is -0.141. The van der Waals surface area contributed by atoms with Gasteiger partial charge >= 0.3 is 12.2 Å². The normalized spacial score (nSPS) is 21.7. The number of nitrogens with zero attached hydrogens (tertiary/aromatic N) is 4. The van der Waals surface area contributed by atoms with Crippen LogP contribution in [0.3, 0.4) is 0 Å². The van der Waals surface area contributed by atoms with Crippen LogP contribution in [0.5, 0.6) is 5.75 Å². The lowest BCUT2D eigenvalue weighted by Crippen LogP contribution is -2.54. The second kappa shape index (κ2) is 17.3. The zero-order valence-corrected chi connectivity index (χ0v) is 38.4. The Morgan fingerprint density at radius 1 is 0.881 bits per heavy atom. The lowest BCUT2D eigenvalue weighted by Gasteiger charge is -2.33. The molecular formula is C50H54N8O9. The number of carbonyl (C=O) groups is 4. The van der Waals surface area contributed by atoms with E-state index in [0.717, 1.165) is 61.3 Å². The number of rotatable bonds is 15. The highest BCUT2D eigenvalue weighted by Gasteiger charge is 2.86. The summed E-state index contributed by atoms with van der Waals surface area (Å²) in [6, 6.07) is 21.1. The number of hydrogen-bond acceptors (Lipinski definition) is 11. The van der Waals surface area contributed by atoms with Crippen LogP contribution in [-0.2, 0) is 35.1 Å². The number of piperidine rings is 1. The van der Waals surface area contributed by atoms with E-state index in [1.807, 2.05) is 61.3 Å². The van der Waals surface area contributed by atoms with E-state index in [1.54, 1.807) is 31.1 Å². The molecule has 11 rings (SSSR count). The molecule has 17 nitrogen and oxygen atoms in total. The summed E-state index contributed by atoms with van der Waals surface area (Å²) in [5.41, 5.74) is 7.01. The number of amides is 4. The van der Waals surface area contributed by atoms with Crippen molar-refractivity contribution in [1.29, 1.82) is 0 Å². The third-order valence-corrected chi connectivity index (χ3v) is 14.1. The van der Waals surface area contributed by atoms with Crippen molar-refractivity contribution in [3.8, 4) is 28.1 Å². The van der Waals surface area contributed by atoms with E-state index in [2.05, 4.69) is 44.9 Å². The van der Waals surface area contributed by atoms with Crippen LogP contribution >= 0.6 is 0 Å². The molecule has 2 saturated carbocycles. The maximum absolute atomic E-state index is 14.5. The summed E-state index contributed by atoms with van der Waals surface area (Å²) in [7, 11) is 5.69. The van der Waals surface area contributed by atoms with Gasteiger partial charge in [-0.1, -0.05) is 55.5 Å². The van der Waals surface area contributed by atoms with E-state index in [9.17, 15) is 19.2 Å². The van der Waals surface area contributed by atoms with Gasteiger partial charge in [0.1, 0.15) is 36.1 Å². The molecule has 2 unspecified atom stereocenters. The molecule has 4 fully saturated rings. The number of aromatic amines is 2. The zero-order chi connectivity index (χ0) is 46.8. The molecule has 3 aliphatic heterocycles. The Bertz CT molecular complexity index is 2890. The minimum atomic E-state index is -0.995. The molecule has 6 aromatic rings. The van der Waals surface area contributed by atoms with Gasteiger partial charge in [-0.25, -0.2) is 19.6 Å². The topological polar surface area (TPSA) is 202 Å². The minimum absolute atomic E-state index is 0.0231. The van der Waals surface area contributed by atoms with Crippen LogP contribution in [0.25, 0.3) is 44.2 Å². The largest absolute Gasteiger partial charge is 0.488 e. The summed E-state index contributed by atoms with van der Waals surface area (Å²) in [5, 5.41) is 7.34. The second-order valence-corrected chi connectivity index (χ2v) is 18.2. The number of fused-ring (bicyclic) bond motifs is 7. The molecule has 4 amide bonds. The molecule has 4 aromatic carbocycles. The summed E-state index contributed by atoms with van der Waals surface area (Å²) >= 11 is 0. The van der Waals surface area contributed by atoms with E-state index >= 15 is 0 Å². The first-order chi connectivity index (χ1) is 32.4.